The zero-order valence-corrected chi connectivity index (χ0v) is 14.4. The van der Waals surface area contributed by atoms with Gasteiger partial charge in [-0.2, -0.15) is 0 Å². The second-order valence-electron chi connectivity index (χ2n) is 5.43. The fourth-order valence-corrected chi connectivity index (χ4v) is 2.56. The normalized spacial score (nSPS) is 10.4. The second kappa shape index (κ2) is 7.60. The van der Waals surface area contributed by atoms with Crippen molar-refractivity contribution >= 4 is 22.4 Å². The number of hydrogen-bond acceptors (Lipinski definition) is 5. The van der Waals surface area contributed by atoms with Crippen molar-refractivity contribution in [3.05, 3.63) is 59.0 Å². The number of benzene rings is 2. The number of rotatable bonds is 6. The molecule has 1 aromatic heterocycles. The van der Waals surface area contributed by atoms with Crippen LogP contribution in [0.2, 0.25) is 0 Å². The second-order valence-corrected chi connectivity index (χ2v) is 5.43. The van der Waals surface area contributed by atoms with E-state index in [2.05, 4.69) is 10.3 Å². The molecule has 7 nitrogen and oxygen atoms in total. The average Bonchev–Trinajstić information content (AvgIpc) is 2.66. The molecule has 0 saturated carbocycles. The number of H-pyrrole nitrogens is 1. The highest BCUT2D eigenvalue weighted by molar-refractivity contribution is 5.94. The number of ether oxygens (including phenoxy) is 3. The van der Waals surface area contributed by atoms with Crippen LogP contribution >= 0.6 is 0 Å². The lowest BCUT2D eigenvalue weighted by Crippen LogP contribution is -2.20. The molecule has 3 aromatic rings. The van der Waals surface area contributed by atoms with Crippen molar-refractivity contribution in [2.24, 2.45) is 0 Å². The van der Waals surface area contributed by atoms with Crippen LogP contribution in [0.1, 0.15) is 0 Å². The first-order valence-corrected chi connectivity index (χ1v) is 7.87. The summed E-state index contributed by atoms with van der Waals surface area (Å²) in [5.41, 5.74) is 0.272. The van der Waals surface area contributed by atoms with Gasteiger partial charge in [-0.05, 0) is 30.3 Å². The Kier molecular flexibility index (Phi) is 5.07. The highest BCUT2D eigenvalue weighted by Gasteiger charge is 2.11. The number of hydrogen-bond donors (Lipinski definition) is 2. The zero-order valence-electron chi connectivity index (χ0n) is 14.4. The predicted molar refractivity (Wildman–Crippen MR) is 98.2 cm³/mol. The zero-order chi connectivity index (χ0) is 18.5. The molecule has 134 valence electrons. The quantitative estimate of drug-likeness (QED) is 0.710. The van der Waals surface area contributed by atoms with Gasteiger partial charge in [0.25, 0.3) is 11.5 Å². The Hall–Kier alpha value is -3.48. The minimum absolute atomic E-state index is 0.210. The predicted octanol–water partition coefficient (Wildman–Crippen LogP) is 2.56. The van der Waals surface area contributed by atoms with E-state index in [1.807, 2.05) is 0 Å². The summed E-state index contributed by atoms with van der Waals surface area (Å²) >= 11 is 0. The Balaban J connectivity index is 1.74. The van der Waals surface area contributed by atoms with Crippen molar-refractivity contribution in [3.8, 4) is 17.2 Å². The number of amides is 1. The highest BCUT2D eigenvalue weighted by Crippen LogP contribution is 2.29. The number of pyridine rings is 1. The first kappa shape index (κ1) is 17.3. The van der Waals surface area contributed by atoms with Crippen LogP contribution in [-0.2, 0) is 4.79 Å². The van der Waals surface area contributed by atoms with E-state index in [-0.39, 0.29) is 18.1 Å². The molecular weight excluding hydrogens is 336 g/mol. The number of carbonyl (C=O) groups is 1. The van der Waals surface area contributed by atoms with Crippen LogP contribution < -0.4 is 25.1 Å². The molecule has 2 aromatic carbocycles. The minimum Gasteiger partial charge on any atom is -0.497 e. The topological polar surface area (TPSA) is 89.7 Å². The number of aromatic amines is 1. The molecule has 3 rings (SSSR count). The van der Waals surface area contributed by atoms with Gasteiger partial charge < -0.3 is 24.5 Å². The first-order valence-electron chi connectivity index (χ1n) is 7.87. The molecule has 1 amide bonds. The molecule has 2 N–H and O–H groups in total. The number of fused-ring (bicyclic) bond motifs is 1. The van der Waals surface area contributed by atoms with Gasteiger partial charge in [0.2, 0.25) is 0 Å². The molecule has 1 heterocycles. The Morgan fingerprint density at radius 1 is 1.04 bits per heavy atom. The molecule has 0 unspecified atom stereocenters. The summed E-state index contributed by atoms with van der Waals surface area (Å²) in [4.78, 5) is 26.7. The summed E-state index contributed by atoms with van der Waals surface area (Å²) in [5.74, 6) is 1.20. The van der Waals surface area contributed by atoms with Gasteiger partial charge in [0.1, 0.15) is 17.2 Å². The van der Waals surface area contributed by atoms with Crippen molar-refractivity contribution in [1.82, 2.24) is 4.98 Å². The van der Waals surface area contributed by atoms with E-state index in [9.17, 15) is 9.59 Å². The van der Waals surface area contributed by atoms with Crippen molar-refractivity contribution in [2.45, 2.75) is 0 Å². The minimum atomic E-state index is -0.363. The lowest BCUT2D eigenvalue weighted by atomic mass is 10.1. The largest absolute Gasteiger partial charge is 0.497 e. The van der Waals surface area contributed by atoms with Crippen molar-refractivity contribution < 1.29 is 19.0 Å². The average molecular weight is 354 g/mol. The molecule has 0 saturated heterocycles. The van der Waals surface area contributed by atoms with Crippen molar-refractivity contribution in [1.29, 1.82) is 0 Å². The SMILES string of the molecule is COc1ccc(OC)c(NC(=O)COc2cccc3c(=O)[nH]ccc23)c1. The van der Waals surface area contributed by atoms with Gasteiger partial charge in [0.05, 0.1) is 25.3 Å². The van der Waals surface area contributed by atoms with E-state index in [1.165, 1.54) is 7.11 Å². The monoisotopic (exact) mass is 354 g/mol. The molecule has 0 aliphatic rings. The van der Waals surface area contributed by atoms with Gasteiger partial charge >= 0.3 is 0 Å². The van der Waals surface area contributed by atoms with Crippen LogP contribution in [0.15, 0.2) is 53.5 Å². The highest BCUT2D eigenvalue weighted by atomic mass is 16.5. The molecule has 7 heteroatoms. The number of nitrogens with one attached hydrogen (secondary N) is 2. The Labute approximate surface area is 149 Å². The fraction of sp³-hybridized carbons (Fsp3) is 0.158. The molecular formula is C19H18N2O5. The lowest BCUT2D eigenvalue weighted by molar-refractivity contribution is -0.118. The number of carbonyl (C=O) groups excluding carboxylic acids is 1. The van der Waals surface area contributed by atoms with Crippen LogP contribution in [0.25, 0.3) is 10.8 Å². The number of aromatic nitrogens is 1. The molecule has 0 aliphatic carbocycles. The van der Waals surface area contributed by atoms with Crippen LogP contribution in [0.3, 0.4) is 0 Å². The van der Waals surface area contributed by atoms with Crippen molar-refractivity contribution in [3.63, 3.8) is 0 Å². The Bertz CT molecular complexity index is 997. The summed E-state index contributed by atoms with van der Waals surface area (Å²) in [5, 5.41) is 3.87. The maximum atomic E-state index is 12.3. The Morgan fingerprint density at radius 2 is 1.88 bits per heavy atom. The standard InChI is InChI=1S/C19H18N2O5/c1-24-12-6-7-17(25-2)15(10-12)21-18(22)11-26-16-5-3-4-14-13(16)8-9-20-19(14)23/h3-10H,11H2,1-2H3,(H,20,23)(H,21,22). The van der Waals surface area contributed by atoms with Gasteiger partial charge in [0.15, 0.2) is 6.61 Å². The third kappa shape index (κ3) is 3.61. The summed E-state index contributed by atoms with van der Waals surface area (Å²) < 4.78 is 16.0. The van der Waals surface area contributed by atoms with Gasteiger partial charge in [0, 0.05) is 17.6 Å². The molecule has 0 radical (unpaired) electrons. The third-order valence-corrected chi connectivity index (χ3v) is 3.81. The third-order valence-electron chi connectivity index (χ3n) is 3.81. The van der Waals surface area contributed by atoms with Gasteiger partial charge in [-0.25, -0.2) is 0 Å². The number of anilines is 1. The summed E-state index contributed by atoms with van der Waals surface area (Å²) in [6, 6.07) is 11.9. The smallest absolute Gasteiger partial charge is 0.262 e. The van der Waals surface area contributed by atoms with Crippen LogP contribution in [0, 0.1) is 0 Å². The van der Waals surface area contributed by atoms with Crippen LogP contribution in [0.4, 0.5) is 5.69 Å². The van der Waals surface area contributed by atoms with Crippen LogP contribution in [-0.4, -0.2) is 31.7 Å². The molecule has 0 fully saturated rings. The summed E-state index contributed by atoms with van der Waals surface area (Å²) in [6.07, 6.45) is 1.54. The molecule has 26 heavy (non-hydrogen) atoms. The molecule has 0 spiro atoms. The van der Waals surface area contributed by atoms with Gasteiger partial charge in [-0.1, -0.05) is 6.07 Å². The van der Waals surface area contributed by atoms with Crippen LogP contribution in [0.5, 0.6) is 17.2 Å². The van der Waals surface area contributed by atoms with E-state index in [1.54, 1.807) is 55.8 Å². The van der Waals surface area contributed by atoms with E-state index in [4.69, 9.17) is 14.2 Å². The molecule has 0 bridgehead atoms. The maximum Gasteiger partial charge on any atom is 0.262 e. The molecule has 0 aliphatic heterocycles. The summed E-state index contributed by atoms with van der Waals surface area (Å²) in [6.45, 7) is -0.216. The Morgan fingerprint density at radius 3 is 2.65 bits per heavy atom. The molecule has 0 atom stereocenters. The fourth-order valence-electron chi connectivity index (χ4n) is 2.56. The van der Waals surface area contributed by atoms with E-state index >= 15 is 0 Å². The lowest BCUT2D eigenvalue weighted by Gasteiger charge is -2.13. The van der Waals surface area contributed by atoms with E-state index in [0.717, 1.165) is 0 Å². The first-order chi connectivity index (χ1) is 12.6. The number of methoxy groups -OCH3 is 2. The van der Waals surface area contributed by atoms with Gasteiger partial charge in [-0.3, -0.25) is 9.59 Å². The van der Waals surface area contributed by atoms with Crippen molar-refractivity contribution in [2.75, 3.05) is 26.1 Å². The maximum absolute atomic E-state index is 12.3. The van der Waals surface area contributed by atoms with Gasteiger partial charge in [-0.15, -0.1) is 0 Å². The van der Waals surface area contributed by atoms with E-state index < -0.39 is 0 Å². The summed E-state index contributed by atoms with van der Waals surface area (Å²) in [7, 11) is 3.06. The van der Waals surface area contributed by atoms with E-state index in [0.29, 0.717) is 33.7 Å².